The zero-order valence-corrected chi connectivity index (χ0v) is 11.7. The van der Waals surface area contributed by atoms with Crippen molar-refractivity contribution in [1.29, 1.82) is 0 Å². The Morgan fingerprint density at radius 3 is 2.47 bits per heavy atom. The van der Waals surface area contributed by atoms with E-state index < -0.39 is 39.2 Å². The number of rotatable bonds is 5. The Balaban J connectivity index is 2.95. The van der Waals surface area contributed by atoms with Crippen LogP contribution in [0.15, 0.2) is 0 Å². The largest absolute Gasteiger partial charge is 0.481 e. The summed E-state index contributed by atoms with van der Waals surface area (Å²) in [7, 11) is -1.65. The summed E-state index contributed by atoms with van der Waals surface area (Å²) in [5.74, 6) is -2.96. The molecule has 3 atom stereocenters. The molecular weight excluding hydrogens is 278 g/mol. The second-order valence-corrected chi connectivity index (χ2v) is 6.59. The van der Waals surface area contributed by atoms with E-state index in [1.165, 1.54) is 14.0 Å². The van der Waals surface area contributed by atoms with E-state index in [0.717, 1.165) is 11.4 Å². The molecule has 19 heavy (non-hydrogen) atoms. The fraction of sp³-hybridized carbons (Fsp3) is 0.800. The predicted octanol–water partition coefficient (Wildman–Crippen LogP) is -1.09. The first-order chi connectivity index (χ1) is 8.73. The average molecular weight is 295 g/mol. The number of likely N-dealkylation sites (N-methyl/N-ethyl adjacent to an activating group) is 1. The molecule has 1 aliphatic heterocycles. The number of carboxylic acids is 1. The lowest BCUT2D eigenvalue weighted by molar-refractivity contribution is -0.142. The minimum Gasteiger partial charge on any atom is -0.481 e. The molecule has 0 amide bonds. The number of methoxy groups -OCH3 is 1. The number of hydrogen-bond acceptors (Lipinski definition) is 6. The molecule has 0 aliphatic carbocycles. The Kier molecular flexibility index (Phi) is 4.88. The van der Waals surface area contributed by atoms with Gasteiger partial charge in [-0.3, -0.25) is 9.59 Å². The molecule has 0 saturated carbocycles. The molecule has 110 valence electrons. The molecule has 1 N–H and O–H groups in total. The molecule has 1 heterocycles. The molecule has 0 aromatic rings. The number of aliphatic carboxylic acids is 1. The number of hydrogen-bond donors (Lipinski definition) is 1. The Labute approximate surface area is 111 Å². The Morgan fingerprint density at radius 1 is 1.42 bits per heavy atom. The Bertz CT molecular complexity index is 460. The number of carbonyl (C=O) groups is 2. The van der Waals surface area contributed by atoms with E-state index in [-0.39, 0.29) is 13.2 Å². The van der Waals surface area contributed by atoms with Gasteiger partial charge in [-0.2, -0.15) is 4.31 Å². The number of sulfonamides is 1. The van der Waals surface area contributed by atoms with E-state index in [1.807, 2.05) is 0 Å². The average Bonchev–Trinajstić information content (AvgIpc) is 2.84. The number of nitrogens with zero attached hydrogens (tertiary/aromatic N) is 1. The molecule has 0 spiro atoms. The van der Waals surface area contributed by atoms with Crippen molar-refractivity contribution in [2.45, 2.75) is 18.2 Å². The molecule has 8 nitrogen and oxygen atoms in total. The van der Waals surface area contributed by atoms with Gasteiger partial charge in [-0.1, -0.05) is 0 Å². The van der Waals surface area contributed by atoms with Gasteiger partial charge in [-0.15, -0.1) is 0 Å². The van der Waals surface area contributed by atoms with Crippen molar-refractivity contribution >= 4 is 22.0 Å². The minimum atomic E-state index is -3.98. The maximum atomic E-state index is 12.2. The van der Waals surface area contributed by atoms with Crippen LogP contribution in [0.4, 0.5) is 0 Å². The van der Waals surface area contributed by atoms with Gasteiger partial charge in [0.05, 0.1) is 32.3 Å². The van der Waals surface area contributed by atoms with Crippen molar-refractivity contribution in [1.82, 2.24) is 4.31 Å². The quantitative estimate of drug-likeness (QED) is 0.641. The van der Waals surface area contributed by atoms with E-state index in [2.05, 4.69) is 4.74 Å². The lowest BCUT2D eigenvalue weighted by Crippen LogP contribution is -2.48. The van der Waals surface area contributed by atoms with Crippen LogP contribution < -0.4 is 0 Å². The summed E-state index contributed by atoms with van der Waals surface area (Å²) in [4.78, 5) is 22.3. The lowest BCUT2D eigenvalue weighted by Gasteiger charge is -2.27. The molecule has 0 aromatic carbocycles. The molecule has 0 bridgehead atoms. The summed E-state index contributed by atoms with van der Waals surface area (Å²) in [6, 6.07) is -0.824. The summed E-state index contributed by atoms with van der Waals surface area (Å²) >= 11 is 0. The molecule has 3 unspecified atom stereocenters. The highest BCUT2D eigenvalue weighted by Gasteiger charge is 2.44. The Hall–Kier alpha value is -1.19. The molecule has 9 heteroatoms. The van der Waals surface area contributed by atoms with Crippen molar-refractivity contribution in [3.05, 3.63) is 0 Å². The fourth-order valence-electron chi connectivity index (χ4n) is 1.86. The van der Waals surface area contributed by atoms with Crippen LogP contribution in [0.3, 0.4) is 0 Å². The lowest BCUT2D eigenvalue weighted by atomic mass is 10.1. The topological polar surface area (TPSA) is 110 Å². The van der Waals surface area contributed by atoms with Gasteiger partial charge in [0.15, 0.2) is 5.25 Å². The zero-order chi connectivity index (χ0) is 14.8. The van der Waals surface area contributed by atoms with E-state index in [1.54, 1.807) is 0 Å². The van der Waals surface area contributed by atoms with Gasteiger partial charge in [0.2, 0.25) is 10.0 Å². The van der Waals surface area contributed by atoms with Crippen molar-refractivity contribution in [2.75, 3.05) is 27.4 Å². The van der Waals surface area contributed by atoms with Crippen LogP contribution in [0, 0.1) is 5.92 Å². The summed E-state index contributed by atoms with van der Waals surface area (Å²) in [5, 5.41) is 7.61. The summed E-state index contributed by atoms with van der Waals surface area (Å²) in [6.45, 7) is 1.14. The van der Waals surface area contributed by atoms with Crippen LogP contribution in [-0.4, -0.2) is 68.4 Å². The van der Waals surface area contributed by atoms with Crippen LogP contribution in [0.1, 0.15) is 6.92 Å². The first-order valence-electron chi connectivity index (χ1n) is 5.58. The van der Waals surface area contributed by atoms with Crippen LogP contribution >= 0.6 is 0 Å². The third-order valence-electron chi connectivity index (χ3n) is 3.22. The molecule has 0 radical (unpaired) electrons. The molecular formula is C10H17NO7S. The highest BCUT2D eigenvalue weighted by Crippen LogP contribution is 2.23. The monoisotopic (exact) mass is 295 g/mol. The maximum absolute atomic E-state index is 12.2. The standard InChI is InChI=1S/C10H17NO7S/c1-6(10(14)17-3)19(15,16)11(2)8-5-18-4-7(8)9(12)13/h6-8H,4-5H2,1-3H3,(H,12,13). The third-order valence-corrected chi connectivity index (χ3v) is 5.38. The van der Waals surface area contributed by atoms with Crippen molar-refractivity contribution in [2.24, 2.45) is 5.92 Å². The van der Waals surface area contributed by atoms with Crippen molar-refractivity contribution < 1.29 is 32.6 Å². The highest BCUT2D eigenvalue weighted by molar-refractivity contribution is 7.90. The van der Waals surface area contributed by atoms with Gasteiger partial charge in [0.25, 0.3) is 0 Å². The van der Waals surface area contributed by atoms with E-state index >= 15 is 0 Å². The number of carbonyl (C=O) groups excluding carboxylic acids is 1. The first-order valence-corrected chi connectivity index (χ1v) is 7.09. The number of esters is 1. The molecule has 1 rings (SSSR count). The molecule has 1 saturated heterocycles. The number of carboxylic acid groups (broad SMARTS) is 1. The van der Waals surface area contributed by atoms with Gasteiger partial charge < -0.3 is 14.6 Å². The van der Waals surface area contributed by atoms with Gasteiger partial charge in [-0.05, 0) is 6.92 Å². The van der Waals surface area contributed by atoms with E-state index in [4.69, 9.17) is 9.84 Å². The SMILES string of the molecule is COC(=O)C(C)S(=O)(=O)N(C)C1COCC1C(=O)O. The van der Waals surface area contributed by atoms with Crippen molar-refractivity contribution in [3.8, 4) is 0 Å². The van der Waals surface area contributed by atoms with Crippen LogP contribution in [-0.2, 0) is 29.1 Å². The van der Waals surface area contributed by atoms with Gasteiger partial charge in [0, 0.05) is 7.05 Å². The summed E-state index contributed by atoms with van der Waals surface area (Å²) < 4.78 is 34.6. The van der Waals surface area contributed by atoms with E-state index in [9.17, 15) is 18.0 Å². The first kappa shape index (κ1) is 15.9. The maximum Gasteiger partial charge on any atom is 0.325 e. The second kappa shape index (κ2) is 5.85. The van der Waals surface area contributed by atoms with Crippen molar-refractivity contribution in [3.63, 3.8) is 0 Å². The van der Waals surface area contributed by atoms with Crippen LogP contribution in [0.5, 0.6) is 0 Å². The Morgan fingerprint density at radius 2 is 2.00 bits per heavy atom. The minimum absolute atomic E-state index is 0.0133. The van der Waals surface area contributed by atoms with Gasteiger partial charge in [0.1, 0.15) is 0 Å². The van der Waals surface area contributed by atoms with Gasteiger partial charge in [-0.25, -0.2) is 8.42 Å². The van der Waals surface area contributed by atoms with E-state index in [0.29, 0.717) is 0 Å². The second-order valence-electron chi connectivity index (χ2n) is 4.28. The molecule has 0 aromatic heterocycles. The normalized spacial score (nSPS) is 25.3. The third kappa shape index (κ3) is 3.04. The summed E-state index contributed by atoms with van der Waals surface area (Å²) in [5.41, 5.74) is 0. The fourth-order valence-corrected chi connectivity index (χ4v) is 3.29. The van der Waals surface area contributed by atoms with Crippen LogP contribution in [0.2, 0.25) is 0 Å². The summed E-state index contributed by atoms with van der Waals surface area (Å²) in [6.07, 6.45) is 0. The molecule has 1 fully saturated rings. The van der Waals surface area contributed by atoms with Gasteiger partial charge >= 0.3 is 11.9 Å². The molecule has 1 aliphatic rings. The highest BCUT2D eigenvalue weighted by atomic mass is 32.2. The van der Waals surface area contributed by atoms with Crippen LogP contribution in [0.25, 0.3) is 0 Å². The predicted molar refractivity (Wildman–Crippen MR) is 63.9 cm³/mol. The zero-order valence-electron chi connectivity index (χ0n) is 10.9. The smallest absolute Gasteiger partial charge is 0.325 e. The number of ether oxygens (including phenoxy) is 2.